The lowest BCUT2D eigenvalue weighted by molar-refractivity contribution is 0.628. The van der Waals surface area contributed by atoms with Gasteiger partial charge in [-0.25, -0.2) is 4.39 Å². The summed E-state index contributed by atoms with van der Waals surface area (Å²) < 4.78 is 13.2. The van der Waals surface area contributed by atoms with E-state index in [9.17, 15) is 4.39 Å². The van der Waals surface area contributed by atoms with Crippen LogP contribution in [-0.4, -0.2) is 0 Å². The zero-order valence-corrected chi connectivity index (χ0v) is 13.3. The van der Waals surface area contributed by atoms with Gasteiger partial charge in [0.05, 0.1) is 5.69 Å². The standard InChI is InChI=1S/C22H18FN/c1-2-24(21-16-14-20(23)15-17-21)22-11-7-6-10-19(22)13-12-18-8-4-3-5-9-18/h2-17H,1H2. The van der Waals surface area contributed by atoms with Gasteiger partial charge < -0.3 is 4.90 Å². The van der Waals surface area contributed by atoms with E-state index in [-0.39, 0.29) is 5.82 Å². The van der Waals surface area contributed by atoms with E-state index in [1.54, 1.807) is 18.3 Å². The van der Waals surface area contributed by atoms with Crippen molar-refractivity contribution in [2.75, 3.05) is 4.90 Å². The molecule has 3 aromatic rings. The zero-order chi connectivity index (χ0) is 16.8. The molecule has 0 spiro atoms. The molecule has 0 heterocycles. The highest BCUT2D eigenvalue weighted by molar-refractivity contribution is 5.80. The molecule has 3 rings (SSSR count). The summed E-state index contributed by atoms with van der Waals surface area (Å²) in [7, 11) is 0. The van der Waals surface area contributed by atoms with E-state index in [0.29, 0.717) is 0 Å². The SMILES string of the molecule is C=CN(c1ccc(F)cc1)c1ccccc1C=Cc1ccccc1. The van der Waals surface area contributed by atoms with Crippen LogP contribution in [0.3, 0.4) is 0 Å². The number of hydrogen-bond acceptors (Lipinski definition) is 1. The third kappa shape index (κ3) is 3.61. The highest BCUT2D eigenvalue weighted by Crippen LogP contribution is 2.30. The van der Waals surface area contributed by atoms with Crippen molar-refractivity contribution in [3.05, 3.63) is 109 Å². The predicted octanol–water partition coefficient (Wildman–Crippen LogP) is 6.28. The first-order chi connectivity index (χ1) is 11.8. The number of nitrogens with zero attached hydrogens (tertiary/aromatic N) is 1. The van der Waals surface area contributed by atoms with Gasteiger partial charge in [-0.05, 0) is 41.5 Å². The van der Waals surface area contributed by atoms with Crippen LogP contribution in [0.4, 0.5) is 15.8 Å². The van der Waals surface area contributed by atoms with Crippen molar-refractivity contribution >= 4 is 23.5 Å². The first kappa shape index (κ1) is 15.8. The van der Waals surface area contributed by atoms with Crippen LogP contribution in [0.2, 0.25) is 0 Å². The molecule has 2 heteroatoms. The second-order valence-electron chi connectivity index (χ2n) is 5.33. The van der Waals surface area contributed by atoms with Crippen LogP contribution in [0, 0.1) is 5.82 Å². The normalized spacial score (nSPS) is 10.7. The van der Waals surface area contributed by atoms with E-state index in [1.807, 2.05) is 41.3 Å². The van der Waals surface area contributed by atoms with Gasteiger partial charge in [-0.15, -0.1) is 0 Å². The van der Waals surface area contributed by atoms with E-state index >= 15 is 0 Å². The average molecular weight is 315 g/mol. The molecule has 0 aliphatic carbocycles. The molecule has 0 aliphatic heterocycles. The molecule has 0 aliphatic rings. The van der Waals surface area contributed by atoms with Gasteiger partial charge in [0.1, 0.15) is 5.82 Å². The largest absolute Gasteiger partial charge is 0.317 e. The van der Waals surface area contributed by atoms with Crippen molar-refractivity contribution in [1.82, 2.24) is 0 Å². The van der Waals surface area contributed by atoms with Crippen LogP contribution < -0.4 is 4.90 Å². The van der Waals surface area contributed by atoms with Gasteiger partial charge in [0.25, 0.3) is 0 Å². The lowest BCUT2D eigenvalue weighted by atomic mass is 10.1. The van der Waals surface area contributed by atoms with Crippen LogP contribution in [0.5, 0.6) is 0 Å². The number of hydrogen-bond donors (Lipinski definition) is 0. The Balaban J connectivity index is 1.97. The summed E-state index contributed by atoms with van der Waals surface area (Å²) in [5.41, 5.74) is 4.06. The second-order valence-corrected chi connectivity index (χ2v) is 5.33. The van der Waals surface area contributed by atoms with Crippen LogP contribution in [0.1, 0.15) is 11.1 Å². The van der Waals surface area contributed by atoms with Gasteiger partial charge in [-0.1, -0.05) is 67.3 Å². The molecule has 0 N–H and O–H groups in total. The smallest absolute Gasteiger partial charge is 0.123 e. The summed E-state index contributed by atoms with van der Waals surface area (Å²) >= 11 is 0. The van der Waals surface area contributed by atoms with E-state index in [2.05, 4.69) is 36.9 Å². The monoisotopic (exact) mass is 315 g/mol. The Hall–Kier alpha value is -3.13. The Morgan fingerprint density at radius 3 is 2.12 bits per heavy atom. The Morgan fingerprint density at radius 1 is 0.750 bits per heavy atom. The van der Waals surface area contributed by atoms with Gasteiger partial charge in [-0.2, -0.15) is 0 Å². The molecule has 24 heavy (non-hydrogen) atoms. The fourth-order valence-electron chi connectivity index (χ4n) is 2.54. The Bertz CT molecular complexity index is 835. The zero-order valence-electron chi connectivity index (χ0n) is 13.3. The fourth-order valence-corrected chi connectivity index (χ4v) is 2.54. The minimum absolute atomic E-state index is 0.250. The molecule has 0 amide bonds. The molecule has 1 nitrogen and oxygen atoms in total. The summed E-state index contributed by atoms with van der Waals surface area (Å²) in [5.74, 6) is -0.250. The second kappa shape index (κ2) is 7.42. The van der Waals surface area contributed by atoms with Crippen molar-refractivity contribution in [1.29, 1.82) is 0 Å². The van der Waals surface area contributed by atoms with Crippen LogP contribution in [0.25, 0.3) is 12.2 Å². The van der Waals surface area contributed by atoms with E-state index in [1.165, 1.54) is 12.1 Å². The Morgan fingerprint density at radius 2 is 1.42 bits per heavy atom. The fraction of sp³-hybridized carbons (Fsp3) is 0. The average Bonchev–Trinajstić information content (AvgIpc) is 2.64. The van der Waals surface area contributed by atoms with Crippen LogP contribution in [-0.2, 0) is 0 Å². The minimum Gasteiger partial charge on any atom is -0.317 e. The van der Waals surface area contributed by atoms with Crippen LogP contribution in [0.15, 0.2) is 91.6 Å². The molecule has 0 radical (unpaired) electrons. The van der Waals surface area contributed by atoms with Gasteiger partial charge in [0.2, 0.25) is 0 Å². The first-order valence-corrected chi connectivity index (χ1v) is 7.77. The summed E-state index contributed by atoms with van der Waals surface area (Å²) in [6.07, 6.45) is 5.89. The topological polar surface area (TPSA) is 3.24 Å². The van der Waals surface area contributed by atoms with E-state index in [0.717, 1.165) is 22.5 Å². The van der Waals surface area contributed by atoms with Crippen molar-refractivity contribution in [3.63, 3.8) is 0 Å². The summed E-state index contributed by atoms with van der Waals surface area (Å²) in [6.45, 7) is 3.90. The van der Waals surface area contributed by atoms with E-state index in [4.69, 9.17) is 0 Å². The third-order valence-electron chi connectivity index (χ3n) is 3.74. The summed E-state index contributed by atoms with van der Waals surface area (Å²) in [4.78, 5) is 1.95. The molecule has 0 unspecified atom stereocenters. The lowest BCUT2D eigenvalue weighted by Gasteiger charge is -2.22. The van der Waals surface area contributed by atoms with Crippen molar-refractivity contribution in [2.45, 2.75) is 0 Å². The van der Waals surface area contributed by atoms with Gasteiger partial charge in [0.15, 0.2) is 0 Å². The van der Waals surface area contributed by atoms with Gasteiger partial charge >= 0.3 is 0 Å². The number of halogens is 1. The molecule has 3 aromatic carbocycles. The number of rotatable bonds is 5. The molecule has 0 bridgehead atoms. The van der Waals surface area contributed by atoms with Gasteiger partial charge in [-0.3, -0.25) is 0 Å². The number of benzene rings is 3. The maximum Gasteiger partial charge on any atom is 0.123 e. The van der Waals surface area contributed by atoms with Crippen LogP contribution >= 0.6 is 0 Å². The minimum atomic E-state index is -0.250. The third-order valence-corrected chi connectivity index (χ3v) is 3.74. The van der Waals surface area contributed by atoms with Crippen molar-refractivity contribution < 1.29 is 4.39 Å². The predicted molar refractivity (Wildman–Crippen MR) is 101 cm³/mol. The maximum atomic E-state index is 13.2. The molecule has 0 saturated carbocycles. The highest BCUT2D eigenvalue weighted by atomic mass is 19.1. The summed E-state index contributed by atoms with van der Waals surface area (Å²) in [5, 5.41) is 0. The molecular weight excluding hydrogens is 297 g/mol. The van der Waals surface area contributed by atoms with Crippen molar-refractivity contribution in [3.8, 4) is 0 Å². The van der Waals surface area contributed by atoms with E-state index < -0.39 is 0 Å². The molecule has 118 valence electrons. The highest BCUT2D eigenvalue weighted by Gasteiger charge is 2.09. The molecule has 0 saturated heterocycles. The summed E-state index contributed by atoms with van der Waals surface area (Å²) in [6, 6.07) is 24.6. The van der Waals surface area contributed by atoms with Gasteiger partial charge in [0, 0.05) is 11.9 Å². The Kier molecular flexibility index (Phi) is 4.87. The maximum absolute atomic E-state index is 13.2. The molecule has 0 aromatic heterocycles. The number of anilines is 2. The lowest BCUT2D eigenvalue weighted by Crippen LogP contribution is -2.09. The quantitative estimate of drug-likeness (QED) is 0.501. The number of para-hydroxylation sites is 1. The van der Waals surface area contributed by atoms with Crippen molar-refractivity contribution in [2.24, 2.45) is 0 Å². The first-order valence-electron chi connectivity index (χ1n) is 7.77. The molecule has 0 atom stereocenters. The molecular formula is C22H18FN. The Labute approximate surface area is 142 Å². The molecule has 0 fully saturated rings.